The Hall–Kier alpha value is -0.960. The Bertz CT molecular complexity index is 708. The second-order valence-corrected chi connectivity index (χ2v) is 9.27. The first kappa shape index (κ1) is 17.4. The zero-order valence-corrected chi connectivity index (χ0v) is 14.2. The number of rotatable bonds is 7. The Balaban J connectivity index is 1.89. The summed E-state index contributed by atoms with van der Waals surface area (Å²) in [4.78, 5) is 0.147. The number of aryl methyl sites for hydroxylation is 1. The van der Waals surface area contributed by atoms with Crippen LogP contribution < -0.4 is 9.44 Å². The molecule has 124 valence electrons. The molecule has 6 nitrogen and oxygen atoms in total. The highest BCUT2D eigenvalue weighted by Crippen LogP contribution is 2.18. The Morgan fingerprint density at radius 1 is 1.14 bits per heavy atom. The quantitative estimate of drug-likeness (QED) is 0.774. The lowest BCUT2D eigenvalue weighted by Crippen LogP contribution is -2.38. The molecule has 1 fully saturated rings. The normalized spacial score (nSPS) is 17.0. The minimum Gasteiger partial charge on any atom is -0.212 e. The maximum Gasteiger partial charge on any atom is 0.240 e. The van der Waals surface area contributed by atoms with Gasteiger partial charge in [-0.2, -0.15) is 0 Å². The molecule has 0 aromatic heterocycles. The van der Waals surface area contributed by atoms with Crippen LogP contribution in [0.1, 0.15) is 31.2 Å². The maximum absolute atomic E-state index is 12.1. The highest BCUT2D eigenvalue weighted by atomic mass is 32.2. The summed E-state index contributed by atoms with van der Waals surface area (Å²) in [5.74, 6) is -0.255. The molecule has 22 heavy (non-hydrogen) atoms. The van der Waals surface area contributed by atoms with Crippen molar-refractivity contribution in [3.63, 3.8) is 0 Å². The van der Waals surface area contributed by atoms with Crippen molar-refractivity contribution in [1.29, 1.82) is 0 Å². The molecule has 2 rings (SSSR count). The first-order valence-corrected chi connectivity index (χ1v) is 10.5. The molecule has 2 N–H and O–H groups in total. The monoisotopic (exact) mass is 346 g/mol. The summed E-state index contributed by atoms with van der Waals surface area (Å²) in [7, 11) is -7.13. The zero-order valence-electron chi connectivity index (χ0n) is 12.6. The van der Waals surface area contributed by atoms with E-state index in [1.807, 2.05) is 0 Å². The van der Waals surface area contributed by atoms with Crippen molar-refractivity contribution >= 4 is 20.0 Å². The van der Waals surface area contributed by atoms with Gasteiger partial charge in [0.15, 0.2) is 0 Å². The van der Waals surface area contributed by atoms with Gasteiger partial charge < -0.3 is 0 Å². The maximum atomic E-state index is 12.1. The van der Waals surface area contributed by atoms with E-state index in [1.54, 1.807) is 25.1 Å². The summed E-state index contributed by atoms with van der Waals surface area (Å²) in [5, 5.41) is 0. The average Bonchev–Trinajstić information content (AvgIpc) is 2.90. The van der Waals surface area contributed by atoms with Gasteiger partial charge in [-0.25, -0.2) is 26.3 Å². The number of sulfonamides is 2. The van der Waals surface area contributed by atoms with E-state index in [0.717, 1.165) is 31.2 Å². The average molecular weight is 346 g/mol. The van der Waals surface area contributed by atoms with E-state index in [-0.39, 0.29) is 23.2 Å². The molecule has 0 bridgehead atoms. The number of benzene rings is 1. The topological polar surface area (TPSA) is 92.3 Å². The molecule has 0 aliphatic heterocycles. The first-order chi connectivity index (χ1) is 10.3. The van der Waals surface area contributed by atoms with Gasteiger partial charge in [0.05, 0.1) is 10.6 Å². The third-order valence-corrected chi connectivity index (χ3v) is 6.56. The van der Waals surface area contributed by atoms with Crippen molar-refractivity contribution < 1.29 is 16.8 Å². The van der Waals surface area contributed by atoms with Gasteiger partial charge in [0.2, 0.25) is 20.0 Å². The zero-order chi connectivity index (χ0) is 16.2. The second kappa shape index (κ2) is 7.08. The standard InChI is InChI=1S/C14H22N2O4S2/c1-12-5-4-8-14(11-12)22(19,20)15-9-10-21(17,18)16-13-6-2-3-7-13/h4-5,8,11,13,15-16H,2-3,6-7,9-10H2,1H3. The fourth-order valence-corrected chi connectivity index (χ4v) is 5.03. The van der Waals surface area contributed by atoms with Crippen LogP contribution >= 0.6 is 0 Å². The van der Waals surface area contributed by atoms with Gasteiger partial charge in [-0.1, -0.05) is 25.0 Å². The smallest absolute Gasteiger partial charge is 0.212 e. The lowest BCUT2D eigenvalue weighted by molar-refractivity contribution is 0.550. The number of nitrogens with one attached hydrogen (secondary N) is 2. The van der Waals surface area contributed by atoms with Crippen molar-refractivity contribution in [3.05, 3.63) is 29.8 Å². The molecule has 0 spiro atoms. The van der Waals surface area contributed by atoms with Gasteiger partial charge in [0.1, 0.15) is 0 Å². The largest absolute Gasteiger partial charge is 0.240 e. The van der Waals surface area contributed by atoms with Crippen molar-refractivity contribution in [2.24, 2.45) is 0 Å². The van der Waals surface area contributed by atoms with Crippen LogP contribution in [-0.2, 0) is 20.0 Å². The van der Waals surface area contributed by atoms with Crippen molar-refractivity contribution in [2.75, 3.05) is 12.3 Å². The van der Waals surface area contributed by atoms with Gasteiger partial charge in [-0.15, -0.1) is 0 Å². The van der Waals surface area contributed by atoms with E-state index in [1.165, 1.54) is 6.07 Å². The van der Waals surface area contributed by atoms with E-state index in [0.29, 0.717) is 0 Å². The van der Waals surface area contributed by atoms with Crippen LogP contribution in [0.2, 0.25) is 0 Å². The van der Waals surface area contributed by atoms with Crippen LogP contribution in [0.4, 0.5) is 0 Å². The predicted molar refractivity (Wildman–Crippen MR) is 85.5 cm³/mol. The molecule has 0 atom stereocenters. The fourth-order valence-electron chi connectivity index (χ4n) is 2.53. The van der Waals surface area contributed by atoms with E-state index >= 15 is 0 Å². The molecule has 0 heterocycles. The summed E-state index contributed by atoms with van der Waals surface area (Å²) >= 11 is 0. The van der Waals surface area contributed by atoms with Crippen LogP contribution in [0.15, 0.2) is 29.2 Å². The van der Waals surface area contributed by atoms with E-state index < -0.39 is 20.0 Å². The minimum absolute atomic E-state index is 0.00150. The van der Waals surface area contributed by atoms with Gasteiger partial charge >= 0.3 is 0 Å². The molecule has 0 radical (unpaired) electrons. The third-order valence-electron chi connectivity index (χ3n) is 3.66. The Morgan fingerprint density at radius 2 is 1.82 bits per heavy atom. The second-order valence-electron chi connectivity index (χ2n) is 5.63. The Labute approximate surface area is 132 Å². The summed E-state index contributed by atoms with van der Waals surface area (Å²) < 4.78 is 53.0. The van der Waals surface area contributed by atoms with Crippen LogP contribution in [0.5, 0.6) is 0 Å². The summed E-state index contributed by atoms with van der Waals surface area (Å²) in [6.07, 6.45) is 3.78. The lowest BCUT2D eigenvalue weighted by atomic mass is 10.2. The van der Waals surface area contributed by atoms with Crippen molar-refractivity contribution in [2.45, 2.75) is 43.5 Å². The lowest BCUT2D eigenvalue weighted by Gasteiger charge is -2.13. The fraction of sp³-hybridized carbons (Fsp3) is 0.571. The highest BCUT2D eigenvalue weighted by Gasteiger charge is 2.22. The molecule has 1 aromatic carbocycles. The molecule has 0 saturated heterocycles. The van der Waals surface area contributed by atoms with Crippen molar-refractivity contribution in [3.8, 4) is 0 Å². The number of hydrogen-bond acceptors (Lipinski definition) is 4. The molecule has 1 aromatic rings. The van der Waals surface area contributed by atoms with Crippen LogP contribution in [0.25, 0.3) is 0 Å². The summed E-state index contributed by atoms with van der Waals surface area (Å²) in [6.45, 7) is 1.66. The Kier molecular flexibility index (Phi) is 5.60. The predicted octanol–water partition coefficient (Wildman–Crippen LogP) is 1.14. The molecular weight excluding hydrogens is 324 g/mol. The minimum atomic E-state index is -3.67. The molecule has 1 saturated carbocycles. The van der Waals surface area contributed by atoms with Gasteiger partial charge in [-0.3, -0.25) is 0 Å². The molecular formula is C14H22N2O4S2. The first-order valence-electron chi connectivity index (χ1n) is 7.35. The van der Waals surface area contributed by atoms with Crippen LogP contribution in [0.3, 0.4) is 0 Å². The van der Waals surface area contributed by atoms with Gasteiger partial charge in [0.25, 0.3) is 0 Å². The third kappa shape index (κ3) is 5.05. The highest BCUT2D eigenvalue weighted by molar-refractivity contribution is 7.90. The van der Waals surface area contributed by atoms with Crippen molar-refractivity contribution in [1.82, 2.24) is 9.44 Å². The van der Waals surface area contributed by atoms with Crippen LogP contribution in [0, 0.1) is 6.92 Å². The van der Waals surface area contributed by atoms with E-state index in [9.17, 15) is 16.8 Å². The van der Waals surface area contributed by atoms with Gasteiger partial charge in [-0.05, 0) is 37.5 Å². The van der Waals surface area contributed by atoms with E-state index in [4.69, 9.17) is 0 Å². The molecule has 0 unspecified atom stereocenters. The van der Waals surface area contributed by atoms with Crippen LogP contribution in [-0.4, -0.2) is 35.2 Å². The van der Waals surface area contributed by atoms with E-state index in [2.05, 4.69) is 9.44 Å². The Morgan fingerprint density at radius 3 is 2.45 bits per heavy atom. The molecule has 1 aliphatic carbocycles. The molecule has 0 amide bonds. The number of hydrogen-bond donors (Lipinski definition) is 2. The molecule has 1 aliphatic rings. The summed E-state index contributed by atoms with van der Waals surface area (Å²) in [6, 6.07) is 6.49. The summed E-state index contributed by atoms with van der Waals surface area (Å²) in [5.41, 5.74) is 0.832. The SMILES string of the molecule is Cc1cccc(S(=O)(=O)NCCS(=O)(=O)NC2CCCC2)c1. The van der Waals surface area contributed by atoms with Gasteiger partial charge in [0, 0.05) is 12.6 Å². The molecule has 8 heteroatoms.